The summed E-state index contributed by atoms with van der Waals surface area (Å²) in [4.78, 5) is 15.3. The minimum absolute atomic E-state index is 0.156. The van der Waals surface area contributed by atoms with Gasteiger partial charge in [-0.05, 0) is 81.5 Å². The predicted octanol–water partition coefficient (Wildman–Crippen LogP) is 4.94. The molecule has 2 atom stereocenters. The molecule has 1 N–H and O–H groups in total. The highest BCUT2D eigenvalue weighted by Crippen LogP contribution is 2.33. The van der Waals surface area contributed by atoms with Crippen molar-refractivity contribution in [2.24, 2.45) is 5.92 Å². The Balaban J connectivity index is 1.06. The standard InChI is InChI=1S/C26H36N4O3S/c31-25(20-8-11-23(12-9-20)33-22-4-2-1-3-5-22)27-26-29-28-24(34-26)13-7-19-6-10-21(18-19)30-14-16-32-17-15-30/h8-9,11-12,19,21-22H,1-7,10,13-18H2,(H,27,29,31)/t19-,21-/m0/s1. The molecule has 0 unspecified atom stereocenters. The molecule has 3 fully saturated rings. The Morgan fingerprint density at radius 2 is 1.85 bits per heavy atom. The van der Waals surface area contributed by atoms with E-state index in [1.807, 2.05) is 24.3 Å². The van der Waals surface area contributed by atoms with E-state index in [0.717, 1.165) is 74.7 Å². The molecule has 1 aliphatic heterocycles. The highest BCUT2D eigenvalue weighted by atomic mass is 32.1. The van der Waals surface area contributed by atoms with E-state index in [2.05, 4.69) is 20.4 Å². The Morgan fingerprint density at radius 3 is 2.65 bits per heavy atom. The second-order valence-corrected chi connectivity index (χ2v) is 10.9. The highest BCUT2D eigenvalue weighted by Gasteiger charge is 2.30. The zero-order valence-electron chi connectivity index (χ0n) is 19.9. The van der Waals surface area contributed by atoms with Gasteiger partial charge >= 0.3 is 0 Å². The second-order valence-electron chi connectivity index (χ2n) is 9.88. The average molecular weight is 485 g/mol. The fraction of sp³-hybridized carbons (Fsp3) is 0.654. The third-order valence-corrected chi connectivity index (χ3v) is 8.40. The van der Waals surface area contributed by atoms with E-state index in [1.54, 1.807) is 0 Å². The molecule has 1 saturated heterocycles. The SMILES string of the molecule is O=C(Nc1nnc(CC[C@@H]2CC[C@H](N3CCOCC3)C2)s1)c1ccc(OC2CCCCC2)cc1. The summed E-state index contributed by atoms with van der Waals surface area (Å²) < 4.78 is 11.6. The van der Waals surface area contributed by atoms with Gasteiger partial charge < -0.3 is 9.47 Å². The first kappa shape index (κ1) is 23.7. The van der Waals surface area contributed by atoms with Crippen molar-refractivity contribution in [3.05, 3.63) is 34.8 Å². The van der Waals surface area contributed by atoms with Gasteiger partial charge in [-0.25, -0.2) is 0 Å². The normalized spacial score (nSPS) is 24.2. The number of hydrogen-bond acceptors (Lipinski definition) is 7. The van der Waals surface area contributed by atoms with Gasteiger partial charge in [0.25, 0.3) is 5.91 Å². The lowest BCUT2D eigenvalue weighted by atomic mass is 9.98. The summed E-state index contributed by atoms with van der Waals surface area (Å²) in [5.41, 5.74) is 0.604. The number of rotatable bonds is 8. The van der Waals surface area contributed by atoms with Gasteiger partial charge in [-0.15, -0.1) is 10.2 Å². The lowest BCUT2D eigenvalue weighted by Gasteiger charge is -2.32. The van der Waals surface area contributed by atoms with E-state index >= 15 is 0 Å². The number of aryl methyl sites for hydroxylation is 1. The molecule has 0 radical (unpaired) electrons. The first-order valence-electron chi connectivity index (χ1n) is 13.0. The van der Waals surface area contributed by atoms with E-state index in [0.29, 0.717) is 16.8 Å². The summed E-state index contributed by atoms with van der Waals surface area (Å²) in [6, 6.07) is 8.14. The van der Waals surface area contributed by atoms with Crippen molar-refractivity contribution in [2.75, 3.05) is 31.6 Å². The number of benzene rings is 1. The van der Waals surface area contributed by atoms with Gasteiger partial charge in [-0.3, -0.25) is 15.0 Å². The number of nitrogens with one attached hydrogen (secondary N) is 1. The number of aromatic nitrogens is 2. The average Bonchev–Trinajstić information content (AvgIpc) is 3.54. The van der Waals surface area contributed by atoms with Crippen molar-refractivity contribution in [1.82, 2.24) is 15.1 Å². The first-order chi connectivity index (χ1) is 16.7. The maximum atomic E-state index is 12.7. The molecule has 2 aromatic rings. The number of hydrogen-bond donors (Lipinski definition) is 1. The van der Waals surface area contributed by atoms with Crippen LogP contribution in [0.4, 0.5) is 5.13 Å². The highest BCUT2D eigenvalue weighted by molar-refractivity contribution is 7.15. The van der Waals surface area contributed by atoms with Crippen molar-refractivity contribution < 1.29 is 14.3 Å². The molecule has 1 aromatic heterocycles. The molecule has 184 valence electrons. The van der Waals surface area contributed by atoms with Crippen LogP contribution in [0.3, 0.4) is 0 Å². The van der Waals surface area contributed by atoms with Crippen LogP contribution in [0.25, 0.3) is 0 Å². The zero-order chi connectivity index (χ0) is 23.2. The summed E-state index contributed by atoms with van der Waals surface area (Å²) in [6.45, 7) is 3.90. The summed E-state index contributed by atoms with van der Waals surface area (Å²) in [6.07, 6.45) is 12.3. The van der Waals surface area contributed by atoms with Crippen LogP contribution in [0.2, 0.25) is 0 Å². The van der Waals surface area contributed by atoms with Gasteiger partial charge in [-0.1, -0.05) is 17.8 Å². The summed E-state index contributed by atoms with van der Waals surface area (Å²) in [7, 11) is 0. The van der Waals surface area contributed by atoms with Crippen molar-refractivity contribution >= 4 is 22.4 Å². The van der Waals surface area contributed by atoms with E-state index in [1.165, 1.54) is 49.9 Å². The number of ether oxygens (including phenoxy) is 2. The van der Waals surface area contributed by atoms with Gasteiger partial charge in [0, 0.05) is 31.1 Å². The molecule has 7 nitrogen and oxygen atoms in total. The smallest absolute Gasteiger partial charge is 0.257 e. The summed E-state index contributed by atoms with van der Waals surface area (Å²) in [5.74, 6) is 1.43. The predicted molar refractivity (Wildman–Crippen MR) is 134 cm³/mol. The topological polar surface area (TPSA) is 76.6 Å². The maximum absolute atomic E-state index is 12.7. The minimum atomic E-state index is -0.156. The molecule has 1 aromatic carbocycles. The van der Waals surface area contributed by atoms with Gasteiger partial charge in [-0.2, -0.15) is 0 Å². The van der Waals surface area contributed by atoms with Gasteiger partial charge in [0.15, 0.2) is 0 Å². The van der Waals surface area contributed by atoms with E-state index in [-0.39, 0.29) is 5.91 Å². The third kappa shape index (κ3) is 6.34. The number of morpholine rings is 1. The molecule has 5 rings (SSSR count). The number of nitrogens with zero attached hydrogens (tertiary/aromatic N) is 3. The van der Waals surface area contributed by atoms with Gasteiger partial charge in [0.1, 0.15) is 10.8 Å². The molecule has 8 heteroatoms. The Bertz CT molecular complexity index is 922. The van der Waals surface area contributed by atoms with Gasteiger partial charge in [0.05, 0.1) is 19.3 Å². The molecule has 34 heavy (non-hydrogen) atoms. The molecule has 2 aliphatic carbocycles. The molecular weight excluding hydrogens is 448 g/mol. The van der Waals surface area contributed by atoms with E-state index in [4.69, 9.17) is 9.47 Å². The van der Waals surface area contributed by atoms with Gasteiger partial charge in [0.2, 0.25) is 5.13 Å². The number of carbonyl (C=O) groups is 1. The van der Waals surface area contributed by atoms with E-state index in [9.17, 15) is 4.79 Å². The lowest BCUT2D eigenvalue weighted by molar-refractivity contribution is 0.0171. The van der Waals surface area contributed by atoms with Crippen LogP contribution in [-0.4, -0.2) is 59.5 Å². The van der Waals surface area contributed by atoms with Crippen LogP contribution in [0.5, 0.6) is 5.75 Å². The number of carbonyl (C=O) groups excluding carboxylic acids is 1. The summed E-state index contributed by atoms with van der Waals surface area (Å²) >= 11 is 1.49. The van der Waals surface area contributed by atoms with Crippen LogP contribution in [0, 0.1) is 5.92 Å². The van der Waals surface area contributed by atoms with Crippen LogP contribution < -0.4 is 10.1 Å². The van der Waals surface area contributed by atoms with Crippen LogP contribution in [0.1, 0.15) is 73.2 Å². The molecule has 0 bridgehead atoms. The Hall–Kier alpha value is -2.03. The fourth-order valence-electron chi connectivity index (χ4n) is 5.55. The first-order valence-corrected chi connectivity index (χ1v) is 13.8. The molecule has 2 saturated carbocycles. The van der Waals surface area contributed by atoms with Crippen molar-refractivity contribution in [3.8, 4) is 5.75 Å². The molecule has 1 amide bonds. The lowest BCUT2D eigenvalue weighted by Crippen LogP contribution is -2.42. The maximum Gasteiger partial charge on any atom is 0.257 e. The van der Waals surface area contributed by atoms with E-state index < -0.39 is 0 Å². The fourth-order valence-corrected chi connectivity index (χ4v) is 6.30. The van der Waals surface area contributed by atoms with Crippen molar-refractivity contribution in [3.63, 3.8) is 0 Å². The zero-order valence-corrected chi connectivity index (χ0v) is 20.7. The third-order valence-electron chi connectivity index (χ3n) is 7.50. The van der Waals surface area contributed by atoms with Crippen LogP contribution in [-0.2, 0) is 11.2 Å². The summed E-state index contributed by atoms with van der Waals surface area (Å²) in [5, 5.41) is 13.0. The Labute approximate surface area is 206 Å². The Kier molecular flexibility index (Phi) is 8.09. The van der Waals surface area contributed by atoms with Crippen LogP contribution >= 0.6 is 11.3 Å². The largest absolute Gasteiger partial charge is 0.490 e. The molecular formula is C26H36N4O3S. The Morgan fingerprint density at radius 1 is 1.06 bits per heavy atom. The molecule has 2 heterocycles. The molecule has 3 aliphatic rings. The van der Waals surface area contributed by atoms with Crippen molar-refractivity contribution in [2.45, 2.75) is 76.4 Å². The number of anilines is 1. The quantitative estimate of drug-likeness (QED) is 0.572. The van der Waals surface area contributed by atoms with Crippen LogP contribution in [0.15, 0.2) is 24.3 Å². The monoisotopic (exact) mass is 484 g/mol. The van der Waals surface area contributed by atoms with Crippen molar-refractivity contribution in [1.29, 1.82) is 0 Å². The second kappa shape index (κ2) is 11.6. The minimum Gasteiger partial charge on any atom is -0.490 e. The molecule has 0 spiro atoms. The number of amides is 1.